The van der Waals surface area contributed by atoms with E-state index in [4.69, 9.17) is 0 Å². The van der Waals surface area contributed by atoms with E-state index >= 15 is 0 Å². The maximum Gasteiger partial charge on any atom is 0.0619 e. The summed E-state index contributed by atoms with van der Waals surface area (Å²) in [6.45, 7) is 9.55. The van der Waals surface area contributed by atoms with Crippen molar-refractivity contribution < 1.29 is 0 Å². The molecule has 2 nitrogen and oxygen atoms in total. The van der Waals surface area contributed by atoms with Crippen molar-refractivity contribution in [1.29, 1.82) is 0 Å². The maximum atomic E-state index is 2.55. The first-order valence-corrected chi connectivity index (χ1v) is 26.0. The van der Waals surface area contributed by atoms with Crippen molar-refractivity contribution in [2.75, 3.05) is 4.90 Å². The Morgan fingerprint density at radius 2 is 0.797 bits per heavy atom. The zero-order valence-electron chi connectivity index (χ0n) is 42.1. The molecule has 352 valence electrons. The summed E-state index contributed by atoms with van der Waals surface area (Å²) in [6, 6.07) is 94.5. The van der Waals surface area contributed by atoms with Crippen molar-refractivity contribution in [2.24, 2.45) is 0 Å². The second-order valence-corrected chi connectivity index (χ2v) is 21.3. The highest BCUT2D eigenvalue weighted by molar-refractivity contribution is 6.10. The molecule has 0 N–H and O–H groups in total. The third kappa shape index (κ3) is 6.78. The minimum atomic E-state index is -0.258. The molecule has 0 amide bonds. The van der Waals surface area contributed by atoms with Gasteiger partial charge >= 0.3 is 0 Å². The zero-order valence-corrected chi connectivity index (χ0v) is 42.1. The summed E-state index contributed by atoms with van der Waals surface area (Å²) in [6.07, 6.45) is 0. The van der Waals surface area contributed by atoms with E-state index in [9.17, 15) is 0 Å². The largest absolute Gasteiger partial charge is 0.310 e. The Bertz CT molecular complexity index is 4140. The molecule has 2 aliphatic carbocycles. The highest BCUT2D eigenvalue weighted by Gasteiger charge is 2.38. The van der Waals surface area contributed by atoms with Gasteiger partial charge in [-0.15, -0.1) is 0 Å². The molecular weight excluding hydrogens is 893 g/mol. The lowest BCUT2D eigenvalue weighted by Crippen LogP contribution is -2.16. The second-order valence-electron chi connectivity index (χ2n) is 21.3. The van der Waals surface area contributed by atoms with Gasteiger partial charge in [0.25, 0.3) is 0 Å². The second kappa shape index (κ2) is 16.8. The molecule has 0 bridgehead atoms. The van der Waals surface area contributed by atoms with Crippen LogP contribution in [0.15, 0.2) is 255 Å². The predicted octanol–water partition coefficient (Wildman–Crippen LogP) is 19.5. The fourth-order valence-corrected chi connectivity index (χ4v) is 12.6. The van der Waals surface area contributed by atoms with Crippen LogP contribution in [-0.2, 0) is 10.8 Å². The van der Waals surface area contributed by atoms with Gasteiger partial charge in [0.2, 0.25) is 0 Å². The van der Waals surface area contributed by atoms with E-state index in [0.717, 1.165) is 17.1 Å². The Morgan fingerprint density at radius 1 is 0.311 bits per heavy atom. The van der Waals surface area contributed by atoms with Gasteiger partial charge in [-0.3, -0.25) is 0 Å². The van der Waals surface area contributed by atoms with Crippen LogP contribution < -0.4 is 4.90 Å². The molecule has 0 saturated heterocycles. The van der Waals surface area contributed by atoms with Gasteiger partial charge in [0.15, 0.2) is 0 Å². The van der Waals surface area contributed by atoms with E-state index in [1.54, 1.807) is 0 Å². The van der Waals surface area contributed by atoms with Gasteiger partial charge < -0.3 is 9.47 Å². The SMILES string of the molecule is CC1(C)c2ccccc2-c2ccc(N(c3ccc(-c4ccccc4)cc3)c3ccc(-c4ccc5c(c4)C(C)(C)c4cc6c(cc4-5)c(-c4ccccc4)c(-c4ccccc4)n6-c4cccc5ccccc45)cc3)cc21. The first-order chi connectivity index (χ1) is 36.2. The number of aromatic nitrogens is 1. The topological polar surface area (TPSA) is 8.17 Å². The molecule has 0 spiro atoms. The molecule has 14 rings (SSSR count). The van der Waals surface area contributed by atoms with E-state index in [2.05, 4.69) is 292 Å². The zero-order chi connectivity index (χ0) is 49.7. The number of hydrogen-bond acceptors (Lipinski definition) is 1. The summed E-state index contributed by atoms with van der Waals surface area (Å²) in [5.74, 6) is 0. The van der Waals surface area contributed by atoms with Crippen molar-refractivity contribution >= 4 is 38.7 Å². The molecule has 0 fully saturated rings. The number of anilines is 3. The van der Waals surface area contributed by atoms with Gasteiger partial charge in [-0.1, -0.05) is 222 Å². The number of benzene rings is 11. The van der Waals surface area contributed by atoms with Crippen molar-refractivity contribution in [2.45, 2.75) is 38.5 Å². The average molecular weight is 947 g/mol. The maximum absolute atomic E-state index is 2.55. The van der Waals surface area contributed by atoms with Gasteiger partial charge in [-0.2, -0.15) is 0 Å². The summed E-state index contributed by atoms with van der Waals surface area (Å²) in [4.78, 5) is 2.42. The number of fused-ring (bicyclic) bond motifs is 8. The Balaban J connectivity index is 0.885. The third-order valence-corrected chi connectivity index (χ3v) is 16.4. The molecule has 0 aliphatic heterocycles. The molecule has 2 aliphatic rings. The summed E-state index contributed by atoms with van der Waals surface area (Å²) >= 11 is 0. The van der Waals surface area contributed by atoms with E-state index < -0.39 is 0 Å². The lowest BCUT2D eigenvalue weighted by atomic mass is 9.81. The van der Waals surface area contributed by atoms with Gasteiger partial charge in [-0.25, -0.2) is 0 Å². The summed E-state index contributed by atoms with van der Waals surface area (Å²) in [5, 5.41) is 3.71. The van der Waals surface area contributed by atoms with Gasteiger partial charge in [0, 0.05) is 44.2 Å². The normalized spacial score (nSPS) is 13.6. The Hall–Kier alpha value is -8.98. The lowest BCUT2D eigenvalue weighted by molar-refractivity contribution is 0.660. The first-order valence-electron chi connectivity index (χ1n) is 26.0. The Morgan fingerprint density at radius 3 is 1.51 bits per heavy atom. The van der Waals surface area contributed by atoms with Gasteiger partial charge in [0.1, 0.15) is 0 Å². The Kier molecular flexibility index (Phi) is 9.94. The van der Waals surface area contributed by atoms with E-state index in [1.807, 2.05) is 0 Å². The fourth-order valence-electron chi connectivity index (χ4n) is 12.6. The van der Waals surface area contributed by atoms with Gasteiger partial charge in [-0.05, 0) is 144 Å². The standard InChI is InChI=1S/C72H54N2/c1-71(2)63-29-17-16-28-58(63)59-42-40-56(44-65(59)71)73(54-36-31-48(32-37-54)47-19-8-5-9-20-47)55-38-33-49(34-39-55)53-35-41-60-61-45-62-68(46-66(61)72(3,4)64(60)43-53)74(67-30-18-26-50-21-14-15-27-57(50)67)70(52-24-12-7-13-25-52)69(62)51-22-10-6-11-23-51/h5-46H,1-4H3. The van der Waals surface area contributed by atoms with Crippen LogP contribution in [0.25, 0.3) is 94.3 Å². The van der Waals surface area contributed by atoms with Crippen molar-refractivity contribution in [3.63, 3.8) is 0 Å². The third-order valence-electron chi connectivity index (χ3n) is 16.4. The molecule has 74 heavy (non-hydrogen) atoms. The van der Waals surface area contributed by atoms with Crippen LogP contribution in [0.3, 0.4) is 0 Å². The Labute approximate surface area is 434 Å². The van der Waals surface area contributed by atoms with Crippen LogP contribution in [0.1, 0.15) is 49.9 Å². The molecule has 0 saturated carbocycles. The van der Waals surface area contributed by atoms with Crippen molar-refractivity contribution in [3.8, 4) is 72.6 Å². The average Bonchev–Trinajstić information content (AvgIpc) is 4.00. The molecule has 12 aromatic rings. The molecule has 11 aromatic carbocycles. The summed E-state index contributed by atoms with van der Waals surface area (Å²) < 4.78 is 2.55. The van der Waals surface area contributed by atoms with Gasteiger partial charge in [0.05, 0.1) is 16.9 Å². The minimum Gasteiger partial charge on any atom is -0.310 e. The minimum absolute atomic E-state index is 0.113. The molecule has 0 radical (unpaired) electrons. The van der Waals surface area contributed by atoms with Crippen molar-refractivity contribution in [1.82, 2.24) is 4.57 Å². The predicted molar refractivity (Wildman–Crippen MR) is 312 cm³/mol. The van der Waals surface area contributed by atoms with Crippen LogP contribution in [0.5, 0.6) is 0 Å². The molecule has 1 aromatic heterocycles. The molecule has 0 atom stereocenters. The quantitative estimate of drug-likeness (QED) is 0.147. The molecule has 1 heterocycles. The van der Waals surface area contributed by atoms with E-state index in [1.165, 1.54) is 117 Å². The summed E-state index contributed by atoms with van der Waals surface area (Å²) in [7, 11) is 0. The van der Waals surface area contributed by atoms with Crippen LogP contribution in [-0.4, -0.2) is 4.57 Å². The lowest BCUT2D eigenvalue weighted by Gasteiger charge is -2.28. The van der Waals surface area contributed by atoms with Crippen LogP contribution >= 0.6 is 0 Å². The highest BCUT2D eigenvalue weighted by Crippen LogP contribution is 2.55. The van der Waals surface area contributed by atoms with E-state index in [0.29, 0.717) is 0 Å². The molecule has 0 unspecified atom stereocenters. The van der Waals surface area contributed by atoms with Crippen molar-refractivity contribution in [3.05, 3.63) is 277 Å². The molecule has 2 heteroatoms. The monoisotopic (exact) mass is 946 g/mol. The number of nitrogens with zero attached hydrogens (tertiary/aromatic N) is 2. The van der Waals surface area contributed by atoms with E-state index in [-0.39, 0.29) is 10.8 Å². The number of rotatable bonds is 8. The molecular formula is C72H54N2. The first kappa shape index (κ1) is 43.8. The smallest absolute Gasteiger partial charge is 0.0619 e. The number of hydrogen-bond donors (Lipinski definition) is 0. The highest BCUT2D eigenvalue weighted by atomic mass is 15.1. The van der Waals surface area contributed by atoms with Crippen LogP contribution in [0.4, 0.5) is 17.1 Å². The van der Waals surface area contributed by atoms with Crippen LogP contribution in [0, 0.1) is 0 Å². The summed E-state index contributed by atoms with van der Waals surface area (Å²) in [5.41, 5.74) is 25.8. The van der Waals surface area contributed by atoms with Crippen LogP contribution in [0.2, 0.25) is 0 Å². The fraction of sp³-hybridized carbons (Fsp3) is 0.0833.